The zero-order valence-electron chi connectivity index (χ0n) is 11.3. The van der Waals surface area contributed by atoms with Crippen LogP contribution in [-0.4, -0.2) is 12.6 Å². The molecule has 2 aromatic carbocycles. The highest BCUT2D eigenvalue weighted by molar-refractivity contribution is 5.92. The summed E-state index contributed by atoms with van der Waals surface area (Å²) in [4.78, 5) is 11.7. The lowest BCUT2D eigenvalue weighted by molar-refractivity contribution is 0.0526. The summed E-state index contributed by atoms with van der Waals surface area (Å²) in [5.74, 6) is -2.04. The molecule has 0 atom stereocenters. The molecule has 6 heteroatoms. The van der Waals surface area contributed by atoms with Crippen LogP contribution in [0.15, 0.2) is 36.4 Å². The molecule has 3 N–H and O–H groups in total. The number of carbonyl (C=O) groups excluding carboxylic acids is 1. The molecule has 0 aromatic heterocycles. The number of nitrogen functional groups attached to an aromatic ring is 1. The molecular weight excluding hydrogens is 278 g/mol. The van der Waals surface area contributed by atoms with Crippen molar-refractivity contribution in [2.45, 2.75) is 6.92 Å². The summed E-state index contributed by atoms with van der Waals surface area (Å²) >= 11 is 0. The number of ether oxygens (including phenoxy) is 1. The van der Waals surface area contributed by atoms with Crippen LogP contribution in [0.2, 0.25) is 0 Å². The second-order valence-electron chi connectivity index (χ2n) is 4.24. The minimum Gasteiger partial charge on any atom is -0.462 e. The Morgan fingerprint density at radius 1 is 1.24 bits per heavy atom. The predicted molar refractivity (Wildman–Crippen MR) is 76.5 cm³/mol. The van der Waals surface area contributed by atoms with E-state index in [1.54, 1.807) is 6.92 Å². The SMILES string of the molecule is CCOC(=O)c1ccc(N)c(Nc2c(F)cccc2F)c1. The standard InChI is InChI=1S/C15H14F2N2O2/c1-2-21-15(20)9-6-7-12(18)13(8-9)19-14-10(16)4-3-5-11(14)17/h3-8,19H,2,18H2,1H3. The molecule has 0 fully saturated rings. The average molecular weight is 292 g/mol. The smallest absolute Gasteiger partial charge is 0.338 e. The average Bonchev–Trinajstić information content (AvgIpc) is 2.45. The first-order valence-corrected chi connectivity index (χ1v) is 6.30. The molecule has 2 aromatic rings. The van der Waals surface area contributed by atoms with E-state index in [1.807, 2.05) is 0 Å². The number of rotatable bonds is 4. The van der Waals surface area contributed by atoms with E-state index in [4.69, 9.17) is 10.5 Å². The first-order chi connectivity index (χ1) is 10.0. The number of hydrogen-bond donors (Lipinski definition) is 2. The second kappa shape index (κ2) is 6.21. The molecule has 0 radical (unpaired) electrons. The quantitative estimate of drug-likeness (QED) is 0.669. The van der Waals surface area contributed by atoms with E-state index in [-0.39, 0.29) is 29.2 Å². The Balaban J connectivity index is 2.35. The number of carbonyl (C=O) groups is 1. The van der Waals surface area contributed by atoms with Gasteiger partial charge in [-0.1, -0.05) is 6.07 Å². The van der Waals surface area contributed by atoms with Gasteiger partial charge in [-0.25, -0.2) is 13.6 Å². The van der Waals surface area contributed by atoms with Gasteiger partial charge in [0.2, 0.25) is 0 Å². The molecule has 0 unspecified atom stereocenters. The molecule has 0 heterocycles. The summed E-state index contributed by atoms with van der Waals surface area (Å²) in [6, 6.07) is 7.84. The van der Waals surface area contributed by atoms with Gasteiger partial charge in [0.05, 0.1) is 23.5 Å². The van der Waals surface area contributed by atoms with Crippen LogP contribution in [0.25, 0.3) is 0 Å². The summed E-state index contributed by atoms with van der Waals surface area (Å²) in [5.41, 5.74) is 6.15. The van der Waals surface area contributed by atoms with E-state index in [1.165, 1.54) is 24.3 Å². The van der Waals surface area contributed by atoms with Crippen molar-refractivity contribution in [2.24, 2.45) is 0 Å². The van der Waals surface area contributed by atoms with Crippen LogP contribution in [0.4, 0.5) is 25.8 Å². The van der Waals surface area contributed by atoms with Crippen molar-refractivity contribution >= 4 is 23.0 Å². The number of para-hydroxylation sites is 1. The van der Waals surface area contributed by atoms with Gasteiger partial charge < -0.3 is 15.8 Å². The van der Waals surface area contributed by atoms with Crippen molar-refractivity contribution in [3.05, 3.63) is 53.6 Å². The maximum absolute atomic E-state index is 13.6. The van der Waals surface area contributed by atoms with Gasteiger partial charge in [-0.15, -0.1) is 0 Å². The van der Waals surface area contributed by atoms with Gasteiger partial charge in [-0.2, -0.15) is 0 Å². The second-order valence-corrected chi connectivity index (χ2v) is 4.24. The Labute approximate surface area is 120 Å². The molecule has 2 rings (SSSR count). The summed E-state index contributed by atoms with van der Waals surface area (Å²) in [6.07, 6.45) is 0. The van der Waals surface area contributed by atoms with E-state index < -0.39 is 17.6 Å². The number of benzene rings is 2. The first-order valence-electron chi connectivity index (χ1n) is 6.30. The maximum Gasteiger partial charge on any atom is 0.338 e. The Hall–Kier alpha value is -2.63. The molecular formula is C15H14F2N2O2. The zero-order valence-corrected chi connectivity index (χ0v) is 11.3. The number of esters is 1. The Kier molecular flexibility index (Phi) is 4.37. The lowest BCUT2D eigenvalue weighted by atomic mass is 10.1. The summed E-state index contributed by atoms with van der Waals surface area (Å²) in [5, 5.41) is 2.56. The van der Waals surface area contributed by atoms with Crippen molar-refractivity contribution < 1.29 is 18.3 Å². The molecule has 0 aliphatic heterocycles. The van der Waals surface area contributed by atoms with Gasteiger partial charge in [-0.05, 0) is 37.3 Å². The largest absolute Gasteiger partial charge is 0.462 e. The molecule has 110 valence electrons. The van der Waals surface area contributed by atoms with Crippen molar-refractivity contribution in [2.75, 3.05) is 17.7 Å². The molecule has 0 spiro atoms. The normalized spacial score (nSPS) is 10.2. The highest BCUT2D eigenvalue weighted by Gasteiger charge is 2.13. The van der Waals surface area contributed by atoms with Crippen molar-refractivity contribution in [1.82, 2.24) is 0 Å². The highest BCUT2D eigenvalue weighted by Crippen LogP contribution is 2.28. The van der Waals surface area contributed by atoms with Gasteiger partial charge in [0, 0.05) is 0 Å². The van der Waals surface area contributed by atoms with Crippen LogP contribution in [0, 0.1) is 11.6 Å². The van der Waals surface area contributed by atoms with Gasteiger partial charge in [0.15, 0.2) is 0 Å². The maximum atomic E-state index is 13.6. The van der Waals surface area contributed by atoms with Crippen LogP contribution in [-0.2, 0) is 4.74 Å². The monoisotopic (exact) mass is 292 g/mol. The minimum atomic E-state index is -0.754. The van der Waals surface area contributed by atoms with E-state index in [2.05, 4.69) is 5.32 Å². The fraction of sp³-hybridized carbons (Fsp3) is 0.133. The van der Waals surface area contributed by atoms with Crippen molar-refractivity contribution in [1.29, 1.82) is 0 Å². The fourth-order valence-electron chi connectivity index (χ4n) is 1.76. The molecule has 0 bridgehead atoms. The van der Waals surface area contributed by atoms with Crippen LogP contribution < -0.4 is 11.1 Å². The summed E-state index contributed by atoms with van der Waals surface area (Å²) in [6.45, 7) is 1.91. The molecule has 4 nitrogen and oxygen atoms in total. The molecule has 0 aliphatic carbocycles. The molecule has 0 saturated heterocycles. The zero-order chi connectivity index (χ0) is 15.4. The lowest BCUT2D eigenvalue weighted by Gasteiger charge is -2.12. The van der Waals surface area contributed by atoms with Crippen LogP contribution >= 0.6 is 0 Å². The van der Waals surface area contributed by atoms with Crippen molar-refractivity contribution in [3.63, 3.8) is 0 Å². The van der Waals surface area contributed by atoms with E-state index in [0.717, 1.165) is 12.1 Å². The molecule has 0 saturated carbocycles. The number of anilines is 3. The number of nitrogens with two attached hydrogens (primary N) is 1. The van der Waals surface area contributed by atoms with Gasteiger partial charge >= 0.3 is 5.97 Å². The van der Waals surface area contributed by atoms with Gasteiger partial charge in [0.25, 0.3) is 0 Å². The van der Waals surface area contributed by atoms with E-state index in [0.29, 0.717) is 0 Å². The lowest BCUT2D eigenvalue weighted by Crippen LogP contribution is -2.07. The third kappa shape index (κ3) is 3.28. The van der Waals surface area contributed by atoms with E-state index in [9.17, 15) is 13.6 Å². The fourth-order valence-corrected chi connectivity index (χ4v) is 1.76. The first kappa shape index (κ1) is 14.8. The number of hydrogen-bond acceptors (Lipinski definition) is 4. The number of halogens is 2. The Morgan fingerprint density at radius 2 is 1.90 bits per heavy atom. The molecule has 21 heavy (non-hydrogen) atoms. The minimum absolute atomic E-state index is 0.226. The number of nitrogens with one attached hydrogen (secondary N) is 1. The third-order valence-electron chi connectivity index (χ3n) is 2.79. The predicted octanol–water partition coefficient (Wildman–Crippen LogP) is 3.47. The third-order valence-corrected chi connectivity index (χ3v) is 2.79. The van der Waals surface area contributed by atoms with E-state index >= 15 is 0 Å². The van der Waals surface area contributed by atoms with Gasteiger partial charge in [-0.3, -0.25) is 0 Å². The summed E-state index contributed by atoms with van der Waals surface area (Å²) < 4.78 is 32.1. The van der Waals surface area contributed by atoms with Gasteiger partial charge in [0.1, 0.15) is 17.3 Å². The molecule has 0 aliphatic rings. The van der Waals surface area contributed by atoms with Crippen molar-refractivity contribution in [3.8, 4) is 0 Å². The Morgan fingerprint density at radius 3 is 2.52 bits per heavy atom. The Bertz CT molecular complexity index is 654. The summed E-state index contributed by atoms with van der Waals surface area (Å²) in [7, 11) is 0. The topological polar surface area (TPSA) is 64.3 Å². The van der Waals surface area contributed by atoms with Crippen LogP contribution in [0.5, 0.6) is 0 Å². The highest BCUT2D eigenvalue weighted by atomic mass is 19.1. The van der Waals surface area contributed by atoms with Crippen LogP contribution in [0.1, 0.15) is 17.3 Å². The molecule has 0 amide bonds. The van der Waals surface area contributed by atoms with Crippen LogP contribution in [0.3, 0.4) is 0 Å².